The minimum atomic E-state index is -0.471. The van der Waals surface area contributed by atoms with Gasteiger partial charge < -0.3 is 14.4 Å². The lowest BCUT2D eigenvalue weighted by molar-refractivity contribution is -0.135. The predicted octanol–water partition coefficient (Wildman–Crippen LogP) is 3.39. The molecule has 2 rings (SSSR count). The number of hydrogen-bond acceptors (Lipinski definition) is 6. The van der Waals surface area contributed by atoms with E-state index in [9.17, 15) is 14.4 Å². The van der Waals surface area contributed by atoms with Crippen molar-refractivity contribution in [1.82, 2.24) is 9.80 Å². The summed E-state index contributed by atoms with van der Waals surface area (Å²) in [6.07, 6.45) is 3.24. The molecule has 1 heterocycles. The van der Waals surface area contributed by atoms with Crippen LogP contribution in [0.4, 0.5) is 4.79 Å². The molecule has 8 heteroatoms. The van der Waals surface area contributed by atoms with Gasteiger partial charge in [0.25, 0.3) is 11.1 Å². The number of imide groups is 1. The molecule has 3 amide bonds. The largest absolute Gasteiger partial charge is 0.497 e. The van der Waals surface area contributed by atoms with Gasteiger partial charge in [0.05, 0.1) is 19.1 Å². The van der Waals surface area contributed by atoms with E-state index in [0.29, 0.717) is 30.2 Å². The van der Waals surface area contributed by atoms with Crippen molar-refractivity contribution in [2.24, 2.45) is 0 Å². The second-order valence-electron chi connectivity index (χ2n) is 6.26. The van der Waals surface area contributed by atoms with Gasteiger partial charge in [-0.15, -0.1) is 0 Å². The summed E-state index contributed by atoms with van der Waals surface area (Å²) in [5.74, 6) is 0.476. The average Bonchev–Trinajstić information content (AvgIpc) is 2.95. The molecule has 1 aromatic carbocycles. The van der Waals surface area contributed by atoms with E-state index in [1.165, 1.54) is 7.11 Å². The molecule has 0 bridgehead atoms. The van der Waals surface area contributed by atoms with Crippen LogP contribution in [0.15, 0.2) is 23.1 Å². The van der Waals surface area contributed by atoms with Gasteiger partial charge >= 0.3 is 0 Å². The quantitative estimate of drug-likeness (QED) is 0.585. The van der Waals surface area contributed by atoms with E-state index in [0.717, 1.165) is 29.5 Å². The molecule has 0 saturated carbocycles. The average molecular weight is 407 g/mol. The highest BCUT2D eigenvalue weighted by molar-refractivity contribution is 8.18. The number of methoxy groups -OCH3 is 2. The number of carbonyl (C=O) groups excluding carboxylic acids is 3. The fourth-order valence-corrected chi connectivity index (χ4v) is 3.70. The zero-order valence-electron chi connectivity index (χ0n) is 16.7. The summed E-state index contributed by atoms with van der Waals surface area (Å²) in [4.78, 5) is 40.5. The highest BCUT2D eigenvalue weighted by Gasteiger charge is 2.37. The molecule has 28 heavy (non-hydrogen) atoms. The fraction of sp³-hybridized carbons (Fsp3) is 0.450. The Kier molecular flexibility index (Phi) is 7.92. The van der Waals surface area contributed by atoms with E-state index < -0.39 is 11.1 Å². The third-order valence-electron chi connectivity index (χ3n) is 4.23. The number of hydrogen-bond donors (Lipinski definition) is 0. The van der Waals surface area contributed by atoms with Crippen LogP contribution in [0.5, 0.6) is 11.5 Å². The third kappa shape index (κ3) is 5.07. The van der Waals surface area contributed by atoms with E-state index in [1.807, 2.05) is 13.8 Å². The fourth-order valence-electron chi connectivity index (χ4n) is 2.87. The Bertz CT molecular complexity index is 772. The Labute approximate surface area is 169 Å². The molecule has 0 atom stereocenters. The van der Waals surface area contributed by atoms with Crippen molar-refractivity contribution in [3.05, 3.63) is 28.7 Å². The van der Waals surface area contributed by atoms with Crippen molar-refractivity contribution in [3.8, 4) is 11.5 Å². The van der Waals surface area contributed by atoms with Gasteiger partial charge in [-0.3, -0.25) is 19.3 Å². The predicted molar refractivity (Wildman–Crippen MR) is 109 cm³/mol. The maximum atomic E-state index is 12.7. The van der Waals surface area contributed by atoms with Crippen molar-refractivity contribution >= 4 is 34.9 Å². The molecule has 152 valence electrons. The van der Waals surface area contributed by atoms with Gasteiger partial charge in [-0.05, 0) is 48.9 Å². The Hall–Kier alpha value is -2.48. The van der Waals surface area contributed by atoms with Crippen molar-refractivity contribution in [1.29, 1.82) is 0 Å². The maximum Gasteiger partial charge on any atom is 0.294 e. The third-order valence-corrected chi connectivity index (χ3v) is 5.14. The summed E-state index contributed by atoms with van der Waals surface area (Å²) >= 11 is 0.821. The highest BCUT2D eigenvalue weighted by Crippen LogP contribution is 2.35. The number of rotatable bonds is 9. The van der Waals surface area contributed by atoms with E-state index in [4.69, 9.17) is 9.47 Å². The van der Waals surface area contributed by atoms with Gasteiger partial charge in [0, 0.05) is 18.7 Å². The molecule has 1 saturated heterocycles. The highest BCUT2D eigenvalue weighted by atomic mass is 32.2. The van der Waals surface area contributed by atoms with E-state index >= 15 is 0 Å². The number of ether oxygens (including phenoxy) is 2. The number of benzene rings is 1. The zero-order chi connectivity index (χ0) is 20.7. The van der Waals surface area contributed by atoms with E-state index in [1.54, 1.807) is 36.3 Å². The topological polar surface area (TPSA) is 76.2 Å². The summed E-state index contributed by atoms with van der Waals surface area (Å²) in [7, 11) is 3.07. The van der Waals surface area contributed by atoms with Gasteiger partial charge in [-0.1, -0.05) is 13.8 Å². The normalized spacial score (nSPS) is 15.3. The molecule has 0 spiro atoms. The Morgan fingerprint density at radius 1 is 1.14 bits per heavy atom. The van der Waals surface area contributed by atoms with Crippen LogP contribution in [0.3, 0.4) is 0 Å². The Morgan fingerprint density at radius 3 is 2.39 bits per heavy atom. The molecule has 1 aromatic rings. The number of carbonyl (C=O) groups is 3. The van der Waals surface area contributed by atoms with Crippen molar-refractivity contribution in [3.63, 3.8) is 0 Å². The van der Waals surface area contributed by atoms with Crippen LogP contribution < -0.4 is 9.47 Å². The Morgan fingerprint density at radius 2 is 1.82 bits per heavy atom. The molecule has 1 aliphatic rings. The van der Waals surface area contributed by atoms with E-state index in [2.05, 4.69) is 0 Å². The second-order valence-corrected chi connectivity index (χ2v) is 7.25. The lowest BCUT2D eigenvalue weighted by atomic mass is 10.1. The van der Waals surface area contributed by atoms with Crippen LogP contribution in [-0.2, 0) is 9.59 Å². The summed E-state index contributed by atoms with van der Waals surface area (Å²) in [6.45, 7) is 4.96. The summed E-state index contributed by atoms with van der Waals surface area (Å²) in [6, 6.07) is 5.20. The molecule has 0 aromatic heterocycles. The van der Waals surface area contributed by atoms with Crippen LogP contribution >= 0.6 is 11.8 Å². The van der Waals surface area contributed by atoms with Crippen LogP contribution in [0.1, 0.15) is 32.3 Å². The van der Waals surface area contributed by atoms with Gasteiger partial charge in [-0.2, -0.15) is 0 Å². The summed E-state index contributed by atoms with van der Waals surface area (Å²) in [5.41, 5.74) is 0.622. The SMILES string of the molecule is CCCN(CCC)C(=O)CN1C(=O)S/C(=C\c2cc(OC)ccc2OC)C1=O. The molecule has 0 radical (unpaired) electrons. The van der Waals surface area contributed by atoms with Crippen LogP contribution in [0.2, 0.25) is 0 Å². The molecule has 0 unspecified atom stereocenters. The van der Waals surface area contributed by atoms with Crippen molar-refractivity contribution in [2.75, 3.05) is 33.9 Å². The van der Waals surface area contributed by atoms with Gasteiger partial charge in [0.1, 0.15) is 18.0 Å². The van der Waals surface area contributed by atoms with E-state index in [-0.39, 0.29) is 17.4 Å². The standard InChI is InChI=1S/C20H26N2O5S/c1-5-9-21(10-6-2)18(23)13-22-19(24)17(28-20(22)25)12-14-11-15(26-3)7-8-16(14)27-4/h7-8,11-12H,5-6,9-10,13H2,1-4H3/b17-12-. The summed E-state index contributed by atoms with van der Waals surface area (Å²) in [5, 5.41) is -0.445. The van der Waals surface area contributed by atoms with Crippen molar-refractivity contribution in [2.45, 2.75) is 26.7 Å². The zero-order valence-corrected chi connectivity index (χ0v) is 17.5. The second kappa shape index (κ2) is 10.2. The summed E-state index contributed by atoms with van der Waals surface area (Å²) < 4.78 is 10.5. The first-order chi connectivity index (χ1) is 13.4. The number of amides is 3. The molecular formula is C20H26N2O5S. The number of nitrogens with zero attached hydrogens (tertiary/aromatic N) is 2. The molecular weight excluding hydrogens is 380 g/mol. The molecule has 1 aliphatic heterocycles. The van der Waals surface area contributed by atoms with Crippen LogP contribution in [-0.4, -0.2) is 60.7 Å². The lowest BCUT2D eigenvalue weighted by Gasteiger charge is -2.23. The van der Waals surface area contributed by atoms with Gasteiger partial charge in [0.2, 0.25) is 5.91 Å². The molecule has 1 fully saturated rings. The van der Waals surface area contributed by atoms with Crippen LogP contribution in [0, 0.1) is 0 Å². The number of thioether (sulfide) groups is 1. The van der Waals surface area contributed by atoms with Crippen molar-refractivity contribution < 1.29 is 23.9 Å². The minimum Gasteiger partial charge on any atom is -0.497 e. The lowest BCUT2D eigenvalue weighted by Crippen LogP contribution is -2.42. The minimum absolute atomic E-state index is 0.216. The smallest absolute Gasteiger partial charge is 0.294 e. The molecule has 0 N–H and O–H groups in total. The molecule has 7 nitrogen and oxygen atoms in total. The first-order valence-electron chi connectivity index (χ1n) is 9.20. The van der Waals surface area contributed by atoms with Gasteiger partial charge in [-0.25, -0.2) is 0 Å². The monoisotopic (exact) mass is 406 g/mol. The van der Waals surface area contributed by atoms with Gasteiger partial charge in [0.15, 0.2) is 0 Å². The first-order valence-corrected chi connectivity index (χ1v) is 10.0. The Balaban J connectivity index is 2.21. The van der Waals surface area contributed by atoms with Crippen LogP contribution in [0.25, 0.3) is 6.08 Å². The maximum absolute atomic E-state index is 12.7. The first kappa shape index (κ1) is 21.8. The molecule has 0 aliphatic carbocycles.